The first kappa shape index (κ1) is 33.0. The van der Waals surface area contributed by atoms with Gasteiger partial charge in [-0.05, 0) is 30.7 Å². The van der Waals surface area contributed by atoms with Gasteiger partial charge in [0.15, 0.2) is 11.6 Å². The first-order valence-electron chi connectivity index (χ1n) is 14.6. The molecule has 0 aliphatic carbocycles. The van der Waals surface area contributed by atoms with Gasteiger partial charge in [0.25, 0.3) is 0 Å². The molecule has 14 heteroatoms. The second-order valence-electron chi connectivity index (χ2n) is 10.6. The van der Waals surface area contributed by atoms with Crippen LogP contribution in [-0.4, -0.2) is 58.2 Å². The van der Waals surface area contributed by atoms with E-state index in [-0.39, 0.29) is 42.3 Å². The summed E-state index contributed by atoms with van der Waals surface area (Å²) in [6, 6.07) is 12.3. The minimum atomic E-state index is -0.939. The fraction of sp³-hybridized carbons (Fsp3) is 0.281. The van der Waals surface area contributed by atoms with Crippen molar-refractivity contribution in [2.24, 2.45) is 0 Å². The summed E-state index contributed by atoms with van der Waals surface area (Å²) in [4.78, 5) is 35.5. The summed E-state index contributed by atoms with van der Waals surface area (Å²) in [7, 11) is 1.55. The van der Waals surface area contributed by atoms with Gasteiger partial charge in [0.05, 0.1) is 40.7 Å². The van der Waals surface area contributed by atoms with E-state index in [2.05, 4.69) is 31.2 Å². The number of carboxylic acid groups (broad SMARTS) is 1. The maximum Gasteiger partial charge on any atom is 0.304 e. The molecule has 5 rings (SSSR count). The number of rotatable bonds is 14. The van der Waals surface area contributed by atoms with Gasteiger partial charge in [0.1, 0.15) is 0 Å². The summed E-state index contributed by atoms with van der Waals surface area (Å²) in [5.74, 6) is -1.05. The van der Waals surface area contributed by atoms with Crippen LogP contribution in [0.5, 0.6) is 5.88 Å². The molecule has 5 N–H and O–H groups in total. The Morgan fingerprint density at radius 1 is 1.04 bits per heavy atom. The van der Waals surface area contributed by atoms with E-state index >= 15 is 4.39 Å². The fourth-order valence-corrected chi connectivity index (χ4v) is 5.61. The zero-order valence-corrected chi connectivity index (χ0v) is 26.4. The molecule has 4 heterocycles. The molecule has 1 fully saturated rings. The van der Waals surface area contributed by atoms with Gasteiger partial charge in [0, 0.05) is 73.3 Å². The first-order chi connectivity index (χ1) is 22.2. The molecule has 0 unspecified atom stereocenters. The zero-order valence-electron chi connectivity index (χ0n) is 24.9. The number of benzene rings is 1. The molecule has 46 heavy (non-hydrogen) atoms. The highest BCUT2D eigenvalue weighted by Crippen LogP contribution is 2.40. The SMILES string of the molecule is COc1nc(-c2ccnc(-c3cccc(Nc4nccc(CNCCC(=O)O)c4F)c3Cl)c2Cl)ccc1CNC[C@@H]1CCC(=O)N1. The summed E-state index contributed by atoms with van der Waals surface area (Å²) < 4.78 is 20.8. The van der Waals surface area contributed by atoms with Crippen LogP contribution in [0.3, 0.4) is 0 Å². The lowest BCUT2D eigenvalue weighted by Crippen LogP contribution is -2.35. The van der Waals surface area contributed by atoms with E-state index in [0.717, 1.165) is 12.0 Å². The molecule has 3 aromatic heterocycles. The molecule has 1 aliphatic rings. The second kappa shape index (κ2) is 15.3. The normalized spacial score (nSPS) is 14.3. The van der Waals surface area contributed by atoms with Gasteiger partial charge in [-0.15, -0.1) is 0 Å². The number of halogens is 3. The van der Waals surface area contributed by atoms with Gasteiger partial charge in [-0.25, -0.2) is 14.4 Å². The third-order valence-corrected chi connectivity index (χ3v) is 8.19. The van der Waals surface area contributed by atoms with Crippen LogP contribution in [0.15, 0.2) is 54.9 Å². The smallest absolute Gasteiger partial charge is 0.304 e. The average Bonchev–Trinajstić information content (AvgIpc) is 3.46. The minimum absolute atomic E-state index is 0.0386. The van der Waals surface area contributed by atoms with Gasteiger partial charge < -0.3 is 31.1 Å². The van der Waals surface area contributed by atoms with Crippen molar-refractivity contribution in [3.8, 4) is 28.4 Å². The van der Waals surface area contributed by atoms with Gasteiger partial charge in [-0.2, -0.15) is 0 Å². The van der Waals surface area contributed by atoms with Gasteiger partial charge in [0.2, 0.25) is 11.8 Å². The number of hydrogen-bond donors (Lipinski definition) is 5. The number of aliphatic carboxylic acids is 1. The van der Waals surface area contributed by atoms with E-state index in [1.165, 1.54) is 12.3 Å². The molecule has 11 nitrogen and oxygen atoms in total. The molecule has 4 aromatic rings. The molecule has 0 saturated carbocycles. The lowest BCUT2D eigenvalue weighted by atomic mass is 10.1. The van der Waals surface area contributed by atoms with E-state index in [1.807, 2.05) is 12.1 Å². The summed E-state index contributed by atoms with van der Waals surface area (Å²) in [6.45, 7) is 1.48. The first-order valence-corrected chi connectivity index (χ1v) is 15.3. The van der Waals surface area contributed by atoms with Crippen molar-refractivity contribution in [3.63, 3.8) is 0 Å². The number of aromatic nitrogens is 3. The van der Waals surface area contributed by atoms with E-state index in [9.17, 15) is 9.59 Å². The number of carboxylic acids is 1. The van der Waals surface area contributed by atoms with Crippen LogP contribution < -0.4 is 26.0 Å². The fourth-order valence-electron chi connectivity index (χ4n) is 5.04. The van der Waals surface area contributed by atoms with Crippen molar-refractivity contribution < 1.29 is 23.8 Å². The molecular formula is C32H32Cl2FN7O4. The maximum atomic E-state index is 15.3. The summed E-state index contributed by atoms with van der Waals surface area (Å²) in [5.41, 5.74) is 3.66. The van der Waals surface area contributed by atoms with E-state index < -0.39 is 11.8 Å². The van der Waals surface area contributed by atoms with Crippen LogP contribution in [0.1, 0.15) is 30.4 Å². The Morgan fingerprint density at radius 3 is 2.61 bits per heavy atom. The Balaban J connectivity index is 1.34. The molecule has 1 aromatic carbocycles. The standard InChI is InChI=1S/C32H32Cl2FN7O4/c1-46-32-19(16-37-17-20-6-8-25(43)40-20)5-7-23(42-32)21-10-14-38-30(28(21)34)22-3-2-4-24(27(22)33)41-31-29(35)18(9-13-39-31)15-36-12-11-26(44)45/h2-5,7,9-10,13-14,20,36-37H,6,8,11-12,15-17H2,1H3,(H,39,41)(H,40,43)(H,44,45)/t20-/m0/s1. The quantitative estimate of drug-likeness (QED) is 0.112. The number of amides is 1. The number of ether oxygens (including phenoxy) is 1. The summed E-state index contributed by atoms with van der Waals surface area (Å²) in [5, 5.41) is 21.5. The minimum Gasteiger partial charge on any atom is -0.481 e. The predicted molar refractivity (Wildman–Crippen MR) is 174 cm³/mol. The largest absolute Gasteiger partial charge is 0.481 e. The second-order valence-corrected chi connectivity index (χ2v) is 11.3. The third kappa shape index (κ3) is 7.88. The summed E-state index contributed by atoms with van der Waals surface area (Å²) in [6.07, 6.45) is 4.34. The van der Waals surface area contributed by atoms with E-state index in [0.29, 0.717) is 64.2 Å². The zero-order chi connectivity index (χ0) is 32.6. The lowest BCUT2D eigenvalue weighted by Gasteiger charge is -2.16. The Hall–Kier alpha value is -4.36. The number of carbonyl (C=O) groups is 2. The third-order valence-electron chi connectivity index (χ3n) is 7.40. The van der Waals surface area contributed by atoms with Crippen molar-refractivity contribution >= 4 is 46.6 Å². The number of nitrogens with one attached hydrogen (secondary N) is 4. The van der Waals surface area contributed by atoms with Crippen molar-refractivity contribution in [3.05, 3.63) is 81.8 Å². The molecule has 240 valence electrons. The maximum absolute atomic E-state index is 15.3. The van der Waals surface area contributed by atoms with E-state index in [1.54, 1.807) is 37.6 Å². The molecule has 1 saturated heterocycles. The van der Waals surface area contributed by atoms with Crippen LogP contribution in [0.25, 0.3) is 22.5 Å². The number of hydrogen-bond acceptors (Lipinski definition) is 9. The van der Waals surface area contributed by atoms with Crippen molar-refractivity contribution in [2.75, 3.05) is 25.5 Å². The van der Waals surface area contributed by atoms with Gasteiger partial charge in [-0.1, -0.05) is 41.4 Å². The molecule has 0 radical (unpaired) electrons. The monoisotopic (exact) mass is 667 g/mol. The molecule has 1 atom stereocenters. The van der Waals surface area contributed by atoms with Crippen LogP contribution >= 0.6 is 23.2 Å². The molecule has 1 amide bonds. The van der Waals surface area contributed by atoms with Crippen molar-refractivity contribution in [1.29, 1.82) is 0 Å². The molecule has 0 spiro atoms. The Kier molecular flexibility index (Phi) is 11.0. The van der Waals surface area contributed by atoms with Crippen LogP contribution in [-0.2, 0) is 22.7 Å². The summed E-state index contributed by atoms with van der Waals surface area (Å²) >= 11 is 13.7. The highest BCUT2D eigenvalue weighted by atomic mass is 35.5. The number of methoxy groups -OCH3 is 1. The Morgan fingerprint density at radius 2 is 1.85 bits per heavy atom. The molecule has 1 aliphatic heterocycles. The van der Waals surface area contributed by atoms with Crippen molar-refractivity contribution in [1.82, 2.24) is 30.9 Å². The highest BCUT2D eigenvalue weighted by Gasteiger charge is 2.21. The number of pyridine rings is 3. The van der Waals surface area contributed by atoms with Gasteiger partial charge >= 0.3 is 5.97 Å². The lowest BCUT2D eigenvalue weighted by molar-refractivity contribution is -0.136. The van der Waals surface area contributed by atoms with Gasteiger partial charge in [-0.3, -0.25) is 14.6 Å². The van der Waals surface area contributed by atoms with Crippen LogP contribution in [0.4, 0.5) is 15.9 Å². The Bertz CT molecular complexity index is 1740. The van der Waals surface area contributed by atoms with Crippen LogP contribution in [0, 0.1) is 5.82 Å². The van der Waals surface area contributed by atoms with E-state index in [4.69, 9.17) is 38.0 Å². The molecular weight excluding hydrogens is 636 g/mol. The number of nitrogens with zero attached hydrogens (tertiary/aromatic N) is 3. The van der Waals surface area contributed by atoms with Crippen LogP contribution in [0.2, 0.25) is 10.0 Å². The topological polar surface area (TPSA) is 150 Å². The van der Waals surface area contributed by atoms with Crippen molar-refractivity contribution in [2.45, 2.75) is 38.4 Å². The number of anilines is 2. The average molecular weight is 669 g/mol. The predicted octanol–water partition coefficient (Wildman–Crippen LogP) is 5.34. The number of carbonyl (C=O) groups excluding carboxylic acids is 1. The molecule has 0 bridgehead atoms. The highest BCUT2D eigenvalue weighted by molar-refractivity contribution is 6.39. The Labute approximate surface area is 274 Å².